The molecule has 0 saturated heterocycles. The smallest absolute Gasteiger partial charge is 0.507 e. The van der Waals surface area contributed by atoms with Gasteiger partial charge in [-0.3, -0.25) is 10.1 Å². The monoisotopic (exact) mass is 344 g/mol. The molecule has 0 aromatic heterocycles. The van der Waals surface area contributed by atoms with E-state index in [9.17, 15) is 20.0 Å². The average Bonchev–Trinajstić information content (AvgIpc) is 2.46. The summed E-state index contributed by atoms with van der Waals surface area (Å²) in [5.74, 6) is -1.69. The normalized spacial score (nSPS) is 10.3. The van der Waals surface area contributed by atoms with Crippen LogP contribution in [-0.2, 0) is 0 Å². The maximum atomic E-state index is 10.9. The molecular weight excluding hydrogens is 337 g/mol. The number of benzene rings is 2. The molecule has 0 amide bonds. The van der Waals surface area contributed by atoms with Gasteiger partial charge in [-0.05, 0) is 24.3 Å². The van der Waals surface area contributed by atoms with Crippen molar-refractivity contribution in [2.24, 2.45) is 10.2 Å². The summed E-state index contributed by atoms with van der Waals surface area (Å²) in [7, 11) is 0. The summed E-state index contributed by atoms with van der Waals surface area (Å²) in [6, 6.07) is 7.36. The van der Waals surface area contributed by atoms with E-state index in [2.05, 4.69) is 10.2 Å². The summed E-state index contributed by atoms with van der Waals surface area (Å²) in [5.41, 5.74) is -0.116. The van der Waals surface area contributed by atoms with E-state index in [0.717, 1.165) is 12.1 Å². The second-order valence-corrected chi connectivity index (χ2v) is 4.51. The number of aromatic carboxylic acids is 1. The number of halogens is 1. The zero-order chi connectivity index (χ0) is 16.3. The van der Waals surface area contributed by atoms with Gasteiger partial charge in [-0.25, -0.2) is 4.79 Å². The van der Waals surface area contributed by atoms with Crippen LogP contribution in [0.15, 0.2) is 46.6 Å². The molecule has 112 valence electrons. The van der Waals surface area contributed by atoms with Crippen LogP contribution < -0.4 is 29.6 Å². The van der Waals surface area contributed by atoms with Crippen molar-refractivity contribution in [3.8, 4) is 5.75 Å². The number of aromatic hydroxyl groups is 1. The van der Waals surface area contributed by atoms with E-state index in [1.54, 1.807) is 0 Å². The molecule has 0 atom stereocenters. The predicted molar refractivity (Wildman–Crippen MR) is 77.3 cm³/mol. The third kappa shape index (κ3) is 4.73. The van der Waals surface area contributed by atoms with Gasteiger partial charge in [-0.2, -0.15) is 5.11 Å². The van der Waals surface area contributed by atoms with E-state index in [4.69, 9.17) is 16.7 Å². The number of non-ortho nitro benzene ring substituents is 1. The molecule has 0 aliphatic rings. The van der Waals surface area contributed by atoms with Crippen molar-refractivity contribution in [3.05, 3.63) is 57.1 Å². The van der Waals surface area contributed by atoms with Crippen molar-refractivity contribution in [2.75, 3.05) is 0 Å². The molecule has 0 spiro atoms. The molecule has 0 heterocycles. The van der Waals surface area contributed by atoms with Gasteiger partial charge in [0.15, 0.2) is 0 Å². The third-order valence-electron chi connectivity index (χ3n) is 2.63. The summed E-state index contributed by atoms with van der Waals surface area (Å²) in [4.78, 5) is 20.9. The van der Waals surface area contributed by atoms with Crippen molar-refractivity contribution in [2.45, 2.75) is 0 Å². The quantitative estimate of drug-likeness (QED) is 0.371. The Balaban J connectivity index is 0.00000264. The van der Waals surface area contributed by atoms with E-state index in [-0.39, 0.29) is 63.0 Å². The van der Waals surface area contributed by atoms with Gasteiger partial charge < -0.3 is 10.2 Å². The molecule has 0 unspecified atom stereocenters. The molecule has 0 aliphatic heterocycles. The van der Waals surface area contributed by atoms with Gasteiger partial charge in [0.25, 0.3) is 5.69 Å². The van der Waals surface area contributed by atoms with Gasteiger partial charge >= 0.3 is 35.5 Å². The molecule has 10 heteroatoms. The van der Waals surface area contributed by atoms with Crippen LogP contribution in [0.4, 0.5) is 17.1 Å². The Hall–Kier alpha value is -2.00. The third-order valence-corrected chi connectivity index (χ3v) is 2.93. The van der Waals surface area contributed by atoms with Crippen LogP contribution in [0.25, 0.3) is 0 Å². The Kier molecular flexibility index (Phi) is 6.64. The van der Waals surface area contributed by atoms with Gasteiger partial charge in [0.2, 0.25) is 0 Å². The van der Waals surface area contributed by atoms with Gasteiger partial charge in [0.1, 0.15) is 17.0 Å². The number of hydrogen-bond donors (Lipinski definition) is 2. The van der Waals surface area contributed by atoms with Crippen LogP contribution in [-0.4, -0.2) is 21.1 Å². The number of phenols is 1. The van der Waals surface area contributed by atoms with Crippen molar-refractivity contribution in [1.82, 2.24) is 0 Å². The van der Waals surface area contributed by atoms with Crippen LogP contribution in [0.2, 0.25) is 5.02 Å². The molecule has 2 aromatic rings. The summed E-state index contributed by atoms with van der Waals surface area (Å²) in [5, 5.41) is 36.5. The molecule has 0 fully saturated rings. The van der Waals surface area contributed by atoms with Gasteiger partial charge in [0, 0.05) is 12.1 Å². The first kappa shape index (κ1) is 19.0. The largest absolute Gasteiger partial charge is 1.00 e. The maximum absolute atomic E-state index is 10.9. The second-order valence-electron chi connectivity index (χ2n) is 4.10. The molecule has 2 N–H and O–H groups in total. The first-order chi connectivity index (χ1) is 10.4. The Morgan fingerprint density at radius 1 is 1.17 bits per heavy atom. The number of rotatable bonds is 4. The molecule has 2 rings (SSSR count). The number of carbonyl (C=O) groups is 1. The van der Waals surface area contributed by atoms with E-state index in [1.165, 1.54) is 24.3 Å². The Morgan fingerprint density at radius 3 is 2.43 bits per heavy atom. The number of carboxylic acid groups (broad SMARTS) is 1. The topological polar surface area (TPSA) is 125 Å². The SMILES string of the molecule is O=C(O)c1cc(N=Nc2ccc([N+](=O)[O-])cc2Cl)ccc1O.[Na+]. The summed E-state index contributed by atoms with van der Waals surface area (Å²) in [6.07, 6.45) is 0. The summed E-state index contributed by atoms with van der Waals surface area (Å²) >= 11 is 5.85. The Bertz CT molecular complexity index is 797. The van der Waals surface area contributed by atoms with E-state index >= 15 is 0 Å². The first-order valence-electron chi connectivity index (χ1n) is 5.80. The van der Waals surface area contributed by atoms with Gasteiger partial charge in [0.05, 0.1) is 15.6 Å². The number of carboxylic acids is 1. The standard InChI is InChI=1S/C13H8ClN3O5.Na/c14-10-6-8(17(21)22)2-3-11(10)16-15-7-1-4-12(18)9(5-7)13(19)20;/h1-6,18H,(H,19,20);/q;+1. The minimum atomic E-state index is -1.30. The van der Waals surface area contributed by atoms with Crippen LogP contribution in [0.3, 0.4) is 0 Å². The van der Waals surface area contributed by atoms with Crippen molar-refractivity contribution in [3.63, 3.8) is 0 Å². The molecule has 0 saturated carbocycles. The Labute approximate surface area is 156 Å². The second kappa shape index (κ2) is 8.02. The zero-order valence-corrected chi connectivity index (χ0v) is 14.6. The van der Waals surface area contributed by atoms with E-state index in [1.807, 2.05) is 0 Å². The minimum Gasteiger partial charge on any atom is -0.507 e. The van der Waals surface area contributed by atoms with Gasteiger partial charge in [-0.15, -0.1) is 5.11 Å². The van der Waals surface area contributed by atoms with Crippen LogP contribution >= 0.6 is 11.6 Å². The van der Waals surface area contributed by atoms with Crippen molar-refractivity contribution in [1.29, 1.82) is 0 Å². The van der Waals surface area contributed by atoms with E-state index < -0.39 is 10.9 Å². The molecular formula is C13H8ClN3NaO5+. The molecule has 2 aromatic carbocycles. The molecule has 0 bridgehead atoms. The van der Waals surface area contributed by atoms with Crippen molar-refractivity contribution >= 4 is 34.6 Å². The molecule has 23 heavy (non-hydrogen) atoms. The number of hydrogen-bond acceptors (Lipinski definition) is 6. The number of nitrogens with zero attached hydrogens (tertiary/aromatic N) is 3. The Morgan fingerprint density at radius 2 is 1.87 bits per heavy atom. The fraction of sp³-hybridized carbons (Fsp3) is 0. The number of nitro benzene ring substituents is 1. The van der Waals surface area contributed by atoms with Gasteiger partial charge in [-0.1, -0.05) is 11.6 Å². The maximum Gasteiger partial charge on any atom is 1.00 e. The van der Waals surface area contributed by atoms with Crippen molar-refractivity contribution < 1.29 is 49.5 Å². The molecule has 0 radical (unpaired) electrons. The molecule has 0 aliphatic carbocycles. The predicted octanol–water partition coefficient (Wildman–Crippen LogP) is 1.07. The minimum absolute atomic E-state index is 0. The first-order valence-corrected chi connectivity index (χ1v) is 6.18. The van der Waals surface area contributed by atoms with Crippen LogP contribution in [0.1, 0.15) is 10.4 Å². The number of nitro groups is 1. The number of azo groups is 1. The van der Waals surface area contributed by atoms with Crippen LogP contribution in [0, 0.1) is 10.1 Å². The van der Waals surface area contributed by atoms with Crippen LogP contribution in [0.5, 0.6) is 5.75 Å². The average molecular weight is 345 g/mol. The zero-order valence-electron chi connectivity index (χ0n) is 11.8. The fourth-order valence-electron chi connectivity index (χ4n) is 1.56. The van der Waals surface area contributed by atoms with E-state index in [0.29, 0.717) is 0 Å². The molecule has 8 nitrogen and oxygen atoms in total. The fourth-order valence-corrected chi connectivity index (χ4v) is 1.77. The summed E-state index contributed by atoms with van der Waals surface area (Å²) < 4.78 is 0. The summed E-state index contributed by atoms with van der Waals surface area (Å²) in [6.45, 7) is 0.